The van der Waals surface area contributed by atoms with Gasteiger partial charge in [0.2, 0.25) is 0 Å². The second-order valence-corrected chi connectivity index (χ2v) is 4.69. The lowest BCUT2D eigenvalue weighted by Gasteiger charge is -2.14. The fourth-order valence-electron chi connectivity index (χ4n) is 2.26. The van der Waals surface area contributed by atoms with Crippen molar-refractivity contribution in [1.82, 2.24) is 0 Å². The zero-order chi connectivity index (χ0) is 15.6. The Kier molecular flexibility index (Phi) is 4.14. The number of nitro benzene ring substituents is 1. The van der Waals surface area contributed by atoms with Crippen LogP contribution in [0.15, 0.2) is 48.6 Å². The molecule has 2 aromatic rings. The molecule has 0 aliphatic heterocycles. The Morgan fingerprint density at radius 3 is 2.62 bits per heavy atom. The lowest BCUT2D eigenvalue weighted by atomic mass is 9.94. The highest BCUT2D eigenvalue weighted by Gasteiger charge is 2.27. The minimum Gasteiger partial charge on any atom is -0.383 e. The summed E-state index contributed by atoms with van der Waals surface area (Å²) in [5.41, 5.74) is -0.132. The zero-order valence-corrected chi connectivity index (χ0v) is 11.6. The monoisotopic (exact) mass is 285 g/mol. The summed E-state index contributed by atoms with van der Waals surface area (Å²) in [5, 5.41) is 22.8. The third-order valence-electron chi connectivity index (χ3n) is 3.42. The summed E-state index contributed by atoms with van der Waals surface area (Å²) in [5.74, 6) is -0.315. The summed E-state index contributed by atoms with van der Waals surface area (Å²) in [6.07, 6.45) is -1.18. The van der Waals surface area contributed by atoms with Crippen molar-refractivity contribution in [2.45, 2.75) is 19.4 Å². The molecule has 1 N–H and O–H groups in total. The van der Waals surface area contributed by atoms with Crippen LogP contribution >= 0.6 is 0 Å². The molecule has 0 aromatic heterocycles. The molecule has 5 nitrogen and oxygen atoms in total. The number of nitro groups is 1. The first-order valence-electron chi connectivity index (χ1n) is 6.53. The van der Waals surface area contributed by atoms with Crippen molar-refractivity contribution in [2.75, 3.05) is 0 Å². The molecule has 108 valence electrons. The number of hydrogen-bond acceptors (Lipinski definition) is 4. The maximum Gasteiger partial charge on any atom is 0.283 e. The summed E-state index contributed by atoms with van der Waals surface area (Å²) in [6, 6.07) is 10.0. The highest BCUT2D eigenvalue weighted by atomic mass is 16.6. The first-order valence-corrected chi connectivity index (χ1v) is 6.53. The summed E-state index contributed by atoms with van der Waals surface area (Å²) < 4.78 is 0. The van der Waals surface area contributed by atoms with E-state index in [-0.39, 0.29) is 29.0 Å². The summed E-state index contributed by atoms with van der Waals surface area (Å²) >= 11 is 0. The molecule has 0 unspecified atom stereocenters. The molecule has 0 saturated heterocycles. The molecule has 0 aliphatic carbocycles. The van der Waals surface area contributed by atoms with Crippen molar-refractivity contribution < 1.29 is 14.8 Å². The maximum absolute atomic E-state index is 11.6. The number of rotatable bonds is 5. The number of ketones is 1. The Morgan fingerprint density at radius 1 is 1.33 bits per heavy atom. The van der Waals surface area contributed by atoms with E-state index in [0.29, 0.717) is 10.8 Å². The highest BCUT2D eigenvalue weighted by molar-refractivity contribution is 5.97. The van der Waals surface area contributed by atoms with Crippen molar-refractivity contribution in [3.8, 4) is 0 Å². The maximum atomic E-state index is 11.6. The Morgan fingerprint density at radius 2 is 2.00 bits per heavy atom. The van der Waals surface area contributed by atoms with Crippen LogP contribution in [-0.4, -0.2) is 15.8 Å². The zero-order valence-electron chi connectivity index (χ0n) is 11.6. The van der Waals surface area contributed by atoms with E-state index in [1.54, 1.807) is 37.3 Å². The molecule has 0 spiro atoms. The van der Waals surface area contributed by atoms with E-state index < -0.39 is 11.0 Å². The third-order valence-corrected chi connectivity index (χ3v) is 3.42. The standard InChI is InChI=1S/C16H15NO4/c1-3-14(18)10(2)16(19)13-9-8-11-6-4-5-7-12(11)15(13)17(20)21/h4-9,16,19H,2-3H2,1H3/t16-/m0/s1. The van der Waals surface area contributed by atoms with E-state index in [9.17, 15) is 20.0 Å². The number of fused-ring (bicyclic) bond motifs is 1. The lowest BCUT2D eigenvalue weighted by Crippen LogP contribution is -2.11. The van der Waals surface area contributed by atoms with Crippen molar-refractivity contribution in [3.63, 3.8) is 0 Å². The van der Waals surface area contributed by atoms with Gasteiger partial charge in [-0.25, -0.2) is 0 Å². The van der Waals surface area contributed by atoms with Crippen molar-refractivity contribution in [1.29, 1.82) is 0 Å². The molecular formula is C16H15NO4. The Labute approximate surface area is 121 Å². The van der Waals surface area contributed by atoms with Gasteiger partial charge in [0.25, 0.3) is 5.69 Å². The minimum atomic E-state index is -1.37. The SMILES string of the molecule is C=C(C(=O)CC)[C@H](O)c1ccc2ccccc2c1[N+](=O)[O-]. The molecule has 0 fully saturated rings. The van der Waals surface area contributed by atoms with E-state index in [0.717, 1.165) is 0 Å². The minimum absolute atomic E-state index is 0.0316. The Balaban J connectivity index is 2.64. The van der Waals surface area contributed by atoms with Crippen LogP contribution in [-0.2, 0) is 4.79 Å². The van der Waals surface area contributed by atoms with Crippen LogP contribution in [0.3, 0.4) is 0 Å². The van der Waals surface area contributed by atoms with Gasteiger partial charge in [-0.05, 0) is 17.5 Å². The number of aliphatic hydroxyl groups is 1. The van der Waals surface area contributed by atoms with Crippen molar-refractivity contribution in [2.24, 2.45) is 0 Å². The van der Waals surface area contributed by atoms with Gasteiger partial charge < -0.3 is 5.11 Å². The molecule has 1 atom stereocenters. The van der Waals surface area contributed by atoms with Crippen LogP contribution in [0.25, 0.3) is 10.8 Å². The predicted molar refractivity (Wildman–Crippen MR) is 80.0 cm³/mol. The van der Waals surface area contributed by atoms with E-state index in [2.05, 4.69) is 6.58 Å². The fourth-order valence-corrected chi connectivity index (χ4v) is 2.26. The molecule has 2 aromatic carbocycles. The molecule has 0 bridgehead atoms. The van der Waals surface area contributed by atoms with Gasteiger partial charge in [0, 0.05) is 12.0 Å². The predicted octanol–water partition coefficient (Wildman–Crippen LogP) is 3.32. The van der Waals surface area contributed by atoms with Crippen LogP contribution in [0, 0.1) is 10.1 Å². The van der Waals surface area contributed by atoms with Gasteiger partial charge >= 0.3 is 0 Å². The number of hydrogen-bond donors (Lipinski definition) is 1. The van der Waals surface area contributed by atoms with Gasteiger partial charge in [0.05, 0.1) is 15.9 Å². The summed E-state index contributed by atoms with van der Waals surface area (Å²) in [7, 11) is 0. The number of benzene rings is 2. The van der Waals surface area contributed by atoms with E-state index in [1.165, 1.54) is 6.07 Å². The Hall–Kier alpha value is -2.53. The summed E-state index contributed by atoms with van der Waals surface area (Å²) in [6.45, 7) is 5.21. The number of Topliss-reactive ketones (excluding diaryl/α,β-unsaturated/α-hetero) is 1. The third kappa shape index (κ3) is 2.68. The molecular weight excluding hydrogens is 270 g/mol. The van der Waals surface area contributed by atoms with Crippen LogP contribution in [0.1, 0.15) is 25.0 Å². The molecule has 21 heavy (non-hydrogen) atoms. The number of nitrogens with zero attached hydrogens (tertiary/aromatic N) is 1. The van der Waals surface area contributed by atoms with Gasteiger partial charge in [-0.15, -0.1) is 0 Å². The van der Waals surface area contributed by atoms with Gasteiger partial charge in [-0.1, -0.05) is 37.8 Å². The average molecular weight is 285 g/mol. The van der Waals surface area contributed by atoms with E-state index in [1.807, 2.05) is 0 Å². The molecule has 0 heterocycles. The molecule has 0 aliphatic rings. The second kappa shape index (κ2) is 5.85. The average Bonchev–Trinajstić information content (AvgIpc) is 2.51. The van der Waals surface area contributed by atoms with Crippen LogP contribution in [0.5, 0.6) is 0 Å². The van der Waals surface area contributed by atoms with E-state index in [4.69, 9.17) is 0 Å². The summed E-state index contributed by atoms with van der Waals surface area (Å²) in [4.78, 5) is 22.5. The fraction of sp³-hybridized carbons (Fsp3) is 0.188. The molecule has 2 rings (SSSR count). The second-order valence-electron chi connectivity index (χ2n) is 4.69. The first-order chi connectivity index (χ1) is 9.97. The van der Waals surface area contributed by atoms with Gasteiger partial charge in [-0.3, -0.25) is 14.9 Å². The quantitative estimate of drug-likeness (QED) is 0.519. The van der Waals surface area contributed by atoms with Crippen LogP contribution in [0.4, 0.5) is 5.69 Å². The lowest BCUT2D eigenvalue weighted by molar-refractivity contribution is -0.384. The number of carbonyl (C=O) groups excluding carboxylic acids is 1. The van der Waals surface area contributed by atoms with Crippen LogP contribution < -0.4 is 0 Å². The number of carbonyl (C=O) groups is 1. The molecule has 0 saturated carbocycles. The topological polar surface area (TPSA) is 80.4 Å². The highest BCUT2D eigenvalue weighted by Crippen LogP contribution is 2.35. The van der Waals surface area contributed by atoms with E-state index >= 15 is 0 Å². The van der Waals surface area contributed by atoms with Crippen LogP contribution in [0.2, 0.25) is 0 Å². The van der Waals surface area contributed by atoms with Gasteiger partial charge in [-0.2, -0.15) is 0 Å². The molecule has 5 heteroatoms. The van der Waals surface area contributed by atoms with Gasteiger partial charge in [0.1, 0.15) is 6.10 Å². The number of aliphatic hydroxyl groups excluding tert-OH is 1. The molecule has 0 amide bonds. The molecule has 0 radical (unpaired) electrons. The van der Waals surface area contributed by atoms with Gasteiger partial charge in [0.15, 0.2) is 5.78 Å². The largest absolute Gasteiger partial charge is 0.383 e. The smallest absolute Gasteiger partial charge is 0.283 e. The Bertz CT molecular complexity index is 736. The van der Waals surface area contributed by atoms with Crippen molar-refractivity contribution >= 4 is 22.2 Å². The first kappa shape index (κ1) is 14.9. The van der Waals surface area contributed by atoms with Crippen molar-refractivity contribution in [3.05, 3.63) is 64.2 Å². The normalized spacial score (nSPS) is 12.1.